The normalized spacial score (nSPS) is 12.2. The summed E-state index contributed by atoms with van der Waals surface area (Å²) >= 11 is 0. The molecule has 0 unspecified atom stereocenters. The van der Waals surface area contributed by atoms with Crippen molar-refractivity contribution in [3.8, 4) is 0 Å². The molecular weight excluding hydrogens is 401 g/mol. The van der Waals surface area contributed by atoms with Crippen molar-refractivity contribution in [3.63, 3.8) is 0 Å². The van der Waals surface area contributed by atoms with E-state index in [0.717, 1.165) is 51.8 Å². The van der Waals surface area contributed by atoms with Crippen LogP contribution in [0.1, 0.15) is 48.5 Å². The van der Waals surface area contributed by atoms with E-state index in [9.17, 15) is 0 Å². The largest absolute Gasteiger partial charge is 0.357 e. The first-order valence-electron chi connectivity index (χ1n) is 8.96. The van der Waals surface area contributed by atoms with E-state index in [0.29, 0.717) is 12.1 Å². The second-order valence-corrected chi connectivity index (χ2v) is 6.14. The van der Waals surface area contributed by atoms with Crippen molar-refractivity contribution in [1.82, 2.24) is 20.4 Å². The fourth-order valence-electron chi connectivity index (χ4n) is 2.60. The zero-order valence-corrected chi connectivity index (χ0v) is 18.7. The van der Waals surface area contributed by atoms with Gasteiger partial charge < -0.3 is 15.5 Å². The summed E-state index contributed by atoms with van der Waals surface area (Å²) in [5.41, 5.74) is 0. The van der Waals surface area contributed by atoms with Crippen LogP contribution in [0.4, 0.5) is 0 Å². The van der Waals surface area contributed by atoms with Gasteiger partial charge in [-0.15, -0.1) is 24.0 Å². The van der Waals surface area contributed by atoms with Crippen LogP contribution in [-0.4, -0.2) is 73.7 Å². The third kappa shape index (κ3) is 12.0. The van der Waals surface area contributed by atoms with E-state index < -0.39 is 0 Å². The summed E-state index contributed by atoms with van der Waals surface area (Å²) < 4.78 is 0. The second kappa shape index (κ2) is 15.4. The lowest BCUT2D eigenvalue weighted by Crippen LogP contribution is -2.43. The Bertz CT molecular complexity index is 283. The average molecular weight is 441 g/mol. The highest BCUT2D eigenvalue weighted by Crippen LogP contribution is 2.03. The van der Waals surface area contributed by atoms with Crippen LogP contribution in [0.3, 0.4) is 0 Å². The maximum Gasteiger partial charge on any atom is 0.191 e. The SMILES string of the molecule is CCNC(=NCCN(C(C)C)C(C)C)NCCN(CC)CC.I. The summed E-state index contributed by atoms with van der Waals surface area (Å²) in [6, 6.07) is 1.13. The third-order valence-corrected chi connectivity index (χ3v) is 3.91. The van der Waals surface area contributed by atoms with Gasteiger partial charge in [-0.3, -0.25) is 9.89 Å². The van der Waals surface area contributed by atoms with E-state index in [2.05, 4.69) is 68.9 Å². The van der Waals surface area contributed by atoms with E-state index in [1.807, 2.05) is 0 Å². The van der Waals surface area contributed by atoms with E-state index in [1.165, 1.54) is 0 Å². The molecule has 0 spiro atoms. The molecular formula is C17H40IN5. The Kier molecular flexibility index (Phi) is 16.9. The molecule has 0 radical (unpaired) electrons. The maximum absolute atomic E-state index is 4.70. The fourth-order valence-corrected chi connectivity index (χ4v) is 2.60. The number of likely N-dealkylation sites (N-methyl/N-ethyl adjacent to an activating group) is 1. The van der Waals surface area contributed by atoms with Gasteiger partial charge in [0.05, 0.1) is 6.54 Å². The molecule has 0 saturated heterocycles. The number of guanidine groups is 1. The first-order chi connectivity index (χ1) is 10.5. The van der Waals surface area contributed by atoms with E-state index in [-0.39, 0.29) is 24.0 Å². The van der Waals surface area contributed by atoms with Crippen molar-refractivity contribution in [2.75, 3.05) is 45.8 Å². The summed E-state index contributed by atoms with van der Waals surface area (Å²) in [5, 5.41) is 6.76. The number of aliphatic imine (C=N–C) groups is 1. The first-order valence-corrected chi connectivity index (χ1v) is 8.96. The molecule has 0 aromatic carbocycles. The van der Waals surface area contributed by atoms with Gasteiger partial charge in [-0.25, -0.2) is 0 Å². The molecule has 0 aromatic rings. The van der Waals surface area contributed by atoms with Crippen molar-refractivity contribution in [2.24, 2.45) is 4.99 Å². The van der Waals surface area contributed by atoms with Crippen molar-refractivity contribution in [1.29, 1.82) is 0 Å². The summed E-state index contributed by atoms with van der Waals surface area (Å²) in [5.74, 6) is 0.933. The number of nitrogens with one attached hydrogen (secondary N) is 2. The zero-order chi connectivity index (χ0) is 17.0. The fraction of sp³-hybridized carbons (Fsp3) is 0.941. The van der Waals surface area contributed by atoms with Gasteiger partial charge in [0, 0.05) is 38.3 Å². The molecule has 0 bridgehead atoms. The highest BCUT2D eigenvalue weighted by molar-refractivity contribution is 14.0. The second-order valence-electron chi connectivity index (χ2n) is 6.14. The number of nitrogens with zero attached hydrogens (tertiary/aromatic N) is 3. The van der Waals surface area contributed by atoms with Gasteiger partial charge >= 0.3 is 0 Å². The quantitative estimate of drug-likeness (QED) is 0.294. The van der Waals surface area contributed by atoms with Gasteiger partial charge in [-0.1, -0.05) is 13.8 Å². The molecule has 0 aliphatic heterocycles. The molecule has 6 heteroatoms. The molecule has 0 aliphatic rings. The Morgan fingerprint density at radius 3 is 1.91 bits per heavy atom. The molecule has 23 heavy (non-hydrogen) atoms. The van der Waals surface area contributed by atoms with Crippen molar-refractivity contribution < 1.29 is 0 Å². The smallest absolute Gasteiger partial charge is 0.191 e. The van der Waals surface area contributed by atoms with Gasteiger partial charge in [-0.2, -0.15) is 0 Å². The molecule has 0 heterocycles. The molecule has 0 aromatic heterocycles. The van der Waals surface area contributed by atoms with E-state index in [4.69, 9.17) is 4.99 Å². The van der Waals surface area contributed by atoms with Gasteiger partial charge in [-0.05, 0) is 47.7 Å². The summed E-state index contributed by atoms with van der Waals surface area (Å²) in [6.07, 6.45) is 0. The van der Waals surface area contributed by atoms with Crippen LogP contribution in [0.5, 0.6) is 0 Å². The minimum Gasteiger partial charge on any atom is -0.357 e. The summed E-state index contributed by atoms with van der Waals surface area (Å²) in [7, 11) is 0. The molecule has 140 valence electrons. The highest BCUT2D eigenvalue weighted by atomic mass is 127. The number of halogens is 1. The van der Waals surface area contributed by atoms with Crippen molar-refractivity contribution in [3.05, 3.63) is 0 Å². The zero-order valence-electron chi connectivity index (χ0n) is 16.4. The Morgan fingerprint density at radius 2 is 1.48 bits per heavy atom. The highest BCUT2D eigenvalue weighted by Gasteiger charge is 2.12. The van der Waals surface area contributed by atoms with Crippen LogP contribution in [-0.2, 0) is 0 Å². The monoisotopic (exact) mass is 441 g/mol. The molecule has 5 nitrogen and oxygen atoms in total. The lowest BCUT2D eigenvalue weighted by molar-refractivity contribution is 0.181. The molecule has 2 N–H and O–H groups in total. The standard InChI is InChI=1S/C17H39N5.HI/c1-8-18-17(19-11-13-21(9-2)10-3)20-12-14-22(15(4)5)16(6)7;/h15-16H,8-14H2,1-7H3,(H2,18,19,20);1H. The summed E-state index contributed by atoms with van der Waals surface area (Å²) in [4.78, 5) is 9.59. The van der Waals surface area contributed by atoms with Gasteiger partial charge in [0.15, 0.2) is 5.96 Å². The van der Waals surface area contributed by atoms with E-state index >= 15 is 0 Å². The Labute approximate surface area is 161 Å². The van der Waals surface area contributed by atoms with Gasteiger partial charge in [0.25, 0.3) is 0 Å². The van der Waals surface area contributed by atoms with Crippen LogP contribution in [0.2, 0.25) is 0 Å². The Balaban J connectivity index is 0. The van der Waals surface area contributed by atoms with Crippen molar-refractivity contribution in [2.45, 2.75) is 60.5 Å². The number of hydrogen-bond acceptors (Lipinski definition) is 3. The minimum atomic E-state index is 0. The predicted molar refractivity (Wildman–Crippen MR) is 114 cm³/mol. The number of rotatable bonds is 11. The molecule has 0 atom stereocenters. The maximum atomic E-state index is 4.70. The first kappa shape index (κ1) is 25.2. The Morgan fingerprint density at radius 1 is 0.913 bits per heavy atom. The lowest BCUT2D eigenvalue weighted by Gasteiger charge is -2.29. The third-order valence-electron chi connectivity index (χ3n) is 3.91. The van der Waals surface area contributed by atoms with Gasteiger partial charge in [0.2, 0.25) is 0 Å². The molecule has 0 saturated carbocycles. The minimum absolute atomic E-state index is 0. The predicted octanol–water partition coefficient (Wildman–Crippen LogP) is 2.62. The topological polar surface area (TPSA) is 42.9 Å². The van der Waals surface area contributed by atoms with Crippen LogP contribution in [0, 0.1) is 0 Å². The van der Waals surface area contributed by atoms with Crippen LogP contribution < -0.4 is 10.6 Å². The van der Waals surface area contributed by atoms with Crippen LogP contribution >= 0.6 is 24.0 Å². The molecule has 0 rings (SSSR count). The van der Waals surface area contributed by atoms with Crippen LogP contribution in [0.15, 0.2) is 4.99 Å². The van der Waals surface area contributed by atoms with Crippen molar-refractivity contribution >= 4 is 29.9 Å². The van der Waals surface area contributed by atoms with Crippen LogP contribution in [0.25, 0.3) is 0 Å². The molecule has 0 amide bonds. The molecule has 0 fully saturated rings. The van der Waals surface area contributed by atoms with Gasteiger partial charge in [0.1, 0.15) is 0 Å². The lowest BCUT2D eigenvalue weighted by atomic mass is 10.2. The number of hydrogen-bond donors (Lipinski definition) is 2. The molecule has 0 aliphatic carbocycles. The summed E-state index contributed by atoms with van der Waals surface area (Å²) in [6.45, 7) is 22.4. The Hall–Kier alpha value is -0.0800. The van der Waals surface area contributed by atoms with E-state index in [1.54, 1.807) is 0 Å². The average Bonchev–Trinajstić information content (AvgIpc) is 2.47.